The van der Waals surface area contributed by atoms with Crippen LogP contribution >= 0.6 is 11.6 Å². The van der Waals surface area contributed by atoms with E-state index < -0.39 is 61.3 Å². The summed E-state index contributed by atoms with van der Waals surface area (Å²) in [5.41, 5.74) is -0.429. The highest BCUT2D eigenvalue weighted by Gasteiger charge is 2.48. The molecule has 0 bridgehead atoms. The van der Waals surface area contributed by atoms with Crippen LogP contribution in [0.3, 0.4) is 0 Å². The maximum Gasteiger partial charge on any atom is 0.307 e. The fourth-order valence-corrected chi connectivity index (χ4v) is 5.50. The van der Waals surface area contributed by atoms with Gasteiger partial charge in [0, 0.05) is 12.1 Å². The molecule has 136 valence electrons. The van der Waals surface area contributed by atoms with Gasteiger partial charge in [-0.15, -0.1) is 11.6 Å². The van der Waals surface area contributed by atoms with Crippen LogP contribution in [0.15, 0.2) is 29.2 Å². The molecular weight excluding hydrogens is 378 g/mol. The average Bonchev–Trinajstić information content (AvgIpc) is 2.54. The number of nitro benzene ring substituents is 1. The normalized spacial score (nSPS) is 26.8. The molecular formula is C14H14ClNO8S. The van der Waals surface area contributed by atoms with Gasteiger partial charge < -0.3 is 10.2 Å². The third-order valence-electron chi connectivity index (χ3n) is 4.24. The molecule has 0 radical (unpaired) electrons. The summed E-state index contributed by atoms with van der Waals surface area (Å²) in [6.45, 7) is 0. The lowest BCUT2D eigenvalue weighted by Gasteiger charge is -2.34. The van der Waals surface area contributed by atoms with E-state index >= 15 is 0 Å². The zero-order valence-electron chi connectivity index (χ0n) is 12.6. The van der Waals surface area contributed by atoms with E-state index in [4.69, 9.17) is 16.7 Å². The van der Waals surface area contributed by atoms with Gasteiger partial charge in [0.15, 0.2) is 9.84 Å². The molecule has 2 N–H and O–H groups in total. The maximum atomic E-state index is 12.8. The molecule has 1 aliphatic rings. The standard InChI is InChI=1S/C14H14ClNO8S/c15-11-5-9(13(17)18)10(14(19)20)6-12(11)25(23,24)8-3-1-2-7(4-8)16(21)22/h1-4,9-12H,5-6H2,(H,17,18)(H,19,20). The van der Waals surface area contributed by atoms with Crippen LogP contribution in [0.4, 0.5) is 5.69 Å². The van der Waals surface area contributed by atoms with Gasteiger partial charge in [-0.2, -0.15) is 0 Å². The molecule has 1 aliphatic carbocycles. The molecule has 11 heteroatoms. The third-order valence-corrected chi connectivity index (χ3v) is 7.11. The SMILES string of the molecule is O=C(O)C1CC(Cl)C(S(=O)(=O)c2cccc([N+](=O)[O-])c2)CC1C(=O)O. The number of hydrogen-bond donors (Lipinski definition) is 2. The highest BCUT2D eigenvalue weighted by Crippen LogP contribution is 2.39. The molecule has 0 amide bonds. The minimum atomic E-state index is -4.18. The molecule has 1 aromatic rings. The lowest BCUT2D eigenvalue weighted by Crippen LogP contribution is -2.46. The van der Waals surface area contributed by atoms with Gasteiger partial charge in [-0.05, 0) is 18.9 Å². The fraction of sp³-hybridized carbons (Fsp3) is 0.429. The van der Waals surface area contributed by atoms with Gasteiger partial charge in [0.05, 0.1) is 32.3 Å². The Morgan fingerprint density at radius 2 is 1.72 bits per heavy atom. The smallest absolute Gasteiger partial charge is 0.307 e. The predicted molar refractivity (Wildman–Crippen MR) is 85.2 cm³/mol. The number of carboxylic acid groups (broad SMARTS) is 2. The molecule has 25 heavy (non-hydrogen) atoms. The third kappa shape index (κ3) is 3.74. The first-order chi connectivity index (χ1) is 11.6. The van der Waals surface area contributed by atoms with Crippen molar-refractivity contribution in [2.24, 2.45) is 11.8 Å². The van der Waals surface area contributed by atoms with E-state index in [1.807, 2.05) is 0 Å². The zero-order valence-corrected chi connectivity index (χ0v) is 14.2. The summed E-state index contributed by atoms with van der Waals surface area (Å²) in [5, 5.41) is 26.7. The molecule has 4 unspecified atom stereocenters. The average molecular weight is 392 g/mol. The largest absolute Gasteiger partial charge is 0.481 e. The molecule has 0 saturated heterocycles. The molecule has 0 aromatic heterocycles. The van der Waals surface area contributed by atoms with E-state index in [0.29, 0.717) is 0 Å². The summed E-state index contributed by atoms with van der Waals surface area (Å²) in [4.78, 5) is 32.3. The molecule has 1 fully saturated rings. The molecule has 0 aliphatic heterocycles. The van der Waals surface area contributed by atoms with Gasteiger partial charge in [-0.25, -0.2) is 8.42 Å². The van der Waals surface area contributed by atoms with Crippen molar-refractivity contribution < 1.29 is 33.1 Å². The first-order valence-corrected chi connectivity index (χ1v) is 9.12. The minimum absolute atomic E-state index is 0.327. The molecule has 2 rings (SSSR count). The van der Waals surface area contributed by atoms with Crippen molar-refractivity contribution in [3.63, 3.8) is 0 Å². The summed E-state index contributed by atoms with van der Waals surface area (Å²) in [6.07, 6.45) is -0.807. The van der Waals surface area contributed by atoms with Crippen LogP contribution in [0, 0.1) is 22.0 Å². The number of nitrogens with zero attached hydrogens (tertiary/aromatic N) is 1. The molecule has 4 atom stereocenters. The number of rotatable bonds is 5. The first kappa shape index (κ1) is 19.1. The van der Waals surface area contributed by atoms with E-state index in [9.17, 15) is 33.2 Å². The number of non-ortho nitro benzene ring substituents is 1. The number of benzene rings is 1. The molecule has 0 heterocycles. The summed E-state index contributed by atoms with van der Waals surface area (Å²) in [7, 11) is -4.18. The number of hydrogen-bond acceptors (Lipinski definition) is 6. The van der Waals surface area contributed by atoms with Gasteiger partial charge in [0.2, 0.25) is 0 Å². The van der Waals surface area contributed by atoms with Crippen LogP contribution in [0.25, 0.3) is 0 Å². The Hall–Kier alpha value is -2.20. The second-order valence-corrected chi connectivity index (χ2v) is 8.44. The zero-order chi connectivity index (χ0) is 18.9. The highest BCUT2D eigenvalue weighted by molar-refractivity contribution is 7.92. The van der Waals surface area contributed by atoms with Crippen LogP contribution in [0.2, 0.25) is 0 Å². The van der Waals surface area contributed by atoms with Gasteiger partial charge in [0.25, 0.3) is 5.69 Å². The highest BCUT2D eigenvalue weighted by atomic mass is 35.5. The van der Waals surface area contributed by atoms with Gasteiger partial charge in [-0.1, -0.05) is 6.07 Å². The van der Waals surface area contributed by atoms with E-state index in [1.165, 1.54) is 6.07 Å². The Balaban J connectivity index is 2.42. The number of alkyl halides is 1. The number of carboxylic acids is 2. The monoisotopic (exact) mass is 391 g/mol. The van der Waals surface area contributed by atoms with Gasteiger partial charge in [-0.3, -0.25) is 19.7 Å². The Labute approximate surface area is 147 Å². The lowest BCUT2D eigenvalue weighted by atomic mass is 9.79. The summed E-state index contributed by atoms with van der Waals surface area (Å²) in [5.74, 6) is -5.48. The van der Waals surface area contributed by atoms with Crippen LogP contribution in [0.5, 0.6) is 0 Å². The van der Waals surface area contributed by atoms with Crippen molar-refractivity contribution in [2.75, 3.05) is 0 Å². The Kier molecular flexibility index (Phi) is 5.33. The van der Waals surface area contributed by atoms with Crippen LogP contribution in [0.1, 0.15) is 12.8 Å². The van der Waals surface area contributed by atoms with Crippen molar-refractivity contribution in [1.29, 1.82) is 0 Å². The van der Waals surface area contributed by atoms with Gasteiger partial charge in [0.1, 0.15) is 0 Å². The van der Waals surface area contributed by atoms with Crippen LogP contribution < -0.4 is 0 Å². The van der Waals surface area contributed by atoms with Crippen molar-refractivity contribution in [2.45, 2.75) is 28.4 Å². The molecule has 0 spiro atoms. The topological polar surface area (TPSA) is 152 Å². The lowest BCUT2D eigenvalue weighted by molar-refractivity contribution is -0.385. The number of nitro groups is 1. The summed E-state index contributed by atoms with van der Waals surface area (Å²) in [6, 6.07) is 4.35. The number of halogens is 1. The van der Waals surface area contributed by atoms with E-state index in [2.05, 4.69) is 0 Å². The molecule has 1 saturated carbocycles. The second-order valence-electron chi connectivity index (χ2n) is 5.71. The predicted octanol–water partition coefficient (Wildman–Crippen LogP) is 1.54. The maximum absolute atomic E-state index is 12.8. The van der Waals surface area contributed by atoms with Crippen molar-refractivity contribution >= 4 is 39.1 Å². The summed E-state index contributed by atoms with van der Waals surface area (Å²) < 4.78 is 25.5. The van der Waals surface area contributed by atoms with Crippen molar-refractivity contribution in [1.82, 2.24) is 0 Å². The van der Waals surface area contributed by atoms with E-state index in [1.54, 1.807) is 0 Å². The van der Waals surface area contributed by atoms with Crippen molar-refractivity contribution in [3.05, 3.63) is 34.4 Å². The van der Waals surface area contributed by atoms with Crippen molar-refractivity contribution in [3.8, 4) is 0 Å². The van der Waals surface area contributed by atoms with Gasteiger partial charge >= 0.3 is 11.9 Å². The minimum Gasteiger partial charge on any atom is -0.481 e. The molecule has 9 nitrogen and oxygen atoms in total. The first-order valence-electron chi connectivity index (χ1n) is 7.13. The number of carbonyl (C=O) groups is 2. The second kappa shape index (κ2) is 6.96. The number of aliphatic carboxylic acids is 2. The Morgan fingerprint density at radius 3 is 2.24 bits per heavy atom. The van der Waals surface area contributed by atoms with Crippen LogP contribution in [-0.2, 0) is 19.4 Å². The van der Waals surface area contributed by atoms with Crippen LogP contribution in [-0.4, -0.2) is 46.1 Å². The summed E-state index contributed by atoms with van der Waals surface area (Å²) >= 11 is 6.06. The molecule has 1 aromatic carbocycles. The number of sulfone groups is 1. The van der Waals surface area contributed by atoms with E-state index in [0.717, 1.165) is 18.2 Å². The Morgan fingerprint density at radius 1 is 1.16 bits per heavy atom. The van der Waals surface area contributed by atoms with E-state index in [-0.39, 0.29) is 11.3 Å². The fourth-order valence-electron chi connectivity index (χ4n) is 2.94. The Bertz CT molecular complexity index is 824. The quantitative estimate of drug-likeness (QED) is 0.435.